The maximum atomic E-state index is 12.5. The van der Waals surface area contributed by atoms with Crippen LogP contribution in [0, 0.1) is 0 Å². The molecule has 2 fully saturated rings. The summed E-state index contributed by atoms with van der Waals surface area (Å²) in [5.41, 5.74) is 8.43. The van der Waals surface area contributed by atoms with Gasteiger partial charge in [0.2, 0.25) is 10.0 Å². The van der Waals surface area contributed by atoms with Crippen molar-refractivity contribution >= 4 is 15.7 Å². The number of anilines is 1. The van der Waals surface area contributed by atoms with Gasteiger partial charge in [0.25, 0.3) is 0 Å². The molecule has 0 spiro atoms. The molecular weight excluding hydrogens is 336 g/mol. The molecule has 140 valence electrons. The Hall–Kier alpha value is -1.15. The molecule has 0 amide bonds. The van der Waals surface area contributed by atoms with E-state index < -0.39 is 15.3 Å². The van der Waals surface area contributed by atoms with E-state index in [1.807, 2.05) is 13.8 Å². The lowest BCUT2D eigenvalue weighted by Gasteiger charge is -2.28. The summed E-state index contributed by atoms with van der Waals surface area (Å²) < 4.78 is 27.8. The summed E-state index contributed by atoms with van der Waals surface area (Å²) >= 11 is 0. The van der Waals surface area contributed by atoms with Crippen LogP contribution in [0.2, 0.25) is 0 Å². The van der Waals surface area contributed by atoms with E-state index in [2.05, 4.69) is 44.7 Å². The van der Waals surface area contributed by atoms with Crippen molar-refractivity contribution in [1.82, 2.24) is 15.6 Å². The van der Waals surface area contributed by atoms with Gasteiger partial charge in [0, 0.05) is 37.4 Å². The minimum atomic E-state index is -3.34. The molecule has 0 aromatic heterocycles. The fraction of sp³-hybridized carbons (Fsp3) is 0.667. The SMILES string of the molecule is CC1NNC(C)C1S(=O)(=O)NCCc1ccc(N2CCCCC2)cc1. The predicted molar refractivity (Wildman–Crippen MR) is 102 cm³/mol. The molecule has 0 radical (unpaired) electrons. The Labute approximate surface area is 151 Å². The number of piperidine rings is 1. The monoisotopic (exact) mass is 366 g/mol. The lowest BCUT2D eigenvalue weighted by Crippen LogP contribution is -2.45. The second-order valence-electron chi connectivity index (χ2n) is 7.23. The number of rotatable bonds is 6. The molecular formula is C18H30N4O2S. The van der Waals surface area contributed by atoms with Crippen molar-refractivity contribution in [3.63, 3.8) is 0 Å². The summed E-state index contributed by atoms with van der Waals surface area (Å²) in [6.07, 6.45) is 4.57. The zero-order chi connectivity index (χ0) is 17.9. The van der Waals surface area contributed by atoms with Gasteiger partial charge < -0.3 is 4.90 Å². The lowest BCUT2D eigenvalue weighted by molar-refractivity contribution is 0.545. The normalized spacial score (nSPS) is 27.6. The highest BCUT2D eigenvalue weighted by molar-refractivity contribution is 7.90. The van der Waals surface area contributed by atoms with Crippen LogP contribution in [0.1, 0.15) is 38.7 Å². The van der Waals surface area contributed by atoms with Crippen molar-refractivity contribution < 1.29 is 8.42 Å². The van der Waals surface area contributed by atoms with Crippen molar-refractivity contribution in [2.75, 3.05) is 24.5 Å². The minimum absolute atomic E-state index is 0.101. The van der Waals surface area contributed by atoms with Crippen LogP contribution in [0.15, 0.2) is 24.3 Å². The van der Waals surface area contributed by atoms with Gasteiger partial charge in [0.05, 0.1) is 0 Å². The Morgan fingerprint density at radius 2 is 1.64 bits per heavy atom. The van der Waals surface area contributed by atoms with Crippen LogP contribution in [0.5, 0.6) is 0 Å². The third-order valence-corrected chi connectivity index (χ3v) is 7.40. The molecule has 2 atom stereocenters. The molecule has 3 rings (SSSR count). The van der Waals surface area contributed by atoms with Gasteiger partial charge in [-0.3, -0.25) is 10.9 Å². The fourth-order valence-electron chi connectivity index (χ4n) is 3.86. The van der Waals surface area contributed by atoms with E-state index in [1.165, 1.54) is 24.9 Å². The van der Waals surface area contributed by atoms with Crippen LogP contribution in [-0.2, 0) is 16.4 Å². The lowest BCUT2D eigenvalue weighted by atomic mass is 10.1. The number of nitrogens with zero attached hydrogens (tertiary/aromatic N) is 1. The molecule has 2 heterocycles. The van der Waals surface area contributed by atoms with E-state index in [0.29, 0.717) is 13.0 Å². The molecule has 7 heteroatoms. The molecule has 2 aliphatic heterocycles. The van der Waals surface area contributed by atoms with Crippen molar-refractivity contribution in [3.05, 3.63) is 29.8 Å². The quantitative estimate of drug-likeness (QED) is 0.710. The second-order valence-corrected chi connectivity index (χ2v) is 9.16. The molecule has 2 unspecified atom stereocenters. The third kappa shape index (κ3) is 4.53. The van der Waals surface area contributed by atoms with Crippen molar-refractivity contribution in [2.24, 2.45) is 0 Å². The first kappa shape index (κ1) is 18.6. The van der Waals surface area contributed by atoms with E-state index in [-0.39, 0.29) is 12.1 Å². The maximum absolute atomic E-state index is 12.5. The van der Waals surface area contributed by atoms with Gasteiger partial charge >= 0.3 is 0 Å². The van der Waals surface area contributed by atoms with E-state index >= 15 is 0 Å². The zero-order valence-corrected chi connectivity index (χ0v) is 16.0. The van der Waals surface area contributed by atoms with Crippen LogP contribution < -0.4 is 20.5 Å². The molecule has 2 aliphatic rings. The zero-order valence-electron chi connectivity index (χ0n) is 15.2. The maximum Gasteiger partial charge on any atom is 0.217 e. The Morgan fingerprint density at radius 1 is 1.04 bits per heavy atom. The highest BCUT2D eigenvalue weighted by Gasteiger charge is 2.39. The first-order chi connectivity index (χ1) is 12.0. The molecule has 0 saturated carbocycles. The van der Waals surface area contributed by atoms with Crippen molar-refractivity contribution in [3.8, 4) is 0 Å². The number of benzene rings is 1. The van der Waals surface area contributed by atoms with E-state index in [4.69, 9.17) is 0 Å². The van der Waals surface area contributed by atoms with Gasteiger partial charge in [0.1, 0.15) is 5.25 Å². The molecule has 0 bridgehead atoms. The molecule has 6 nitrogen and oxygen atoms in total. The molecule has 3 N–H and O–H groups in total. The standard InChI is InChI=1S/C18H30N4O2S/c1-14-18(15(2)21-20-14)25(23,24)19-11-10-16-6-8-17(9-7-16)22-12-4-3-5-13-22/h6-9,14-15,18-21H,3-5,10-13H2,1-2H3. The summed E-state index contributed by atoms with van der Waals surface area (Å²) in [5, 5.41) is -0.450. The smallest absolute Gasteiger partial charge is 0.217 e. The van der Waals surface area contributed by atoms with Crippen LogP contribution in [0.25, 0.3) is 0 Å². The summed E-state index contributed by atoms with van der Waals surface area (Å²) in [6.45, 7) is 6.48. The number of hydrogen-bond donors (Lipinski definition) is 3. The van der Waals surface area contributed by atoms with Gasteiger partial charge in [-0.15, -0.1) is 0 Å². The average Bonchev–Trinajstić information content (AvgIpc) is 2.95. The largest absolute Gasteiger partial charge is 0.372 e. The highest BCUT2D eigenvalue weighted by Crippen LogP contribution is 2.20. The van der Waals surface area contributed by atoms with Crippen LogP contribution in [0.3, 0.4) is 0 Å². The summed E-state index contributed by atoms with van der Waals surface area (Å²) in [7, 11) is -3.34. The fourth-order valence-corrected chi connectivity index (χ4v) is 5.65. The first-order valence-corrected chi connectivity index (χ1v) is 10.9. The topological polar surface area (TPSA) is 73.5 Å². The minimum Gasteiger partial charge on any atom is -0.372 e. The van der Waals surface area contributed by atoms with Gasteiger partial charge in [-0.05, 0) is 57.2 Å². The van der Waals surface area contributed by atoms with E-state index in [1.54, 1.807) is 0 Å². The Bertz CT molecular complexity index is 646. The highest BCUT2D eigenvalue weighted by atomic mass is 32.2. The number of hydrazine groups is 1. The average molecular weight is 367 g/mol. The van der Waals surface area contributed by atoms with E-state index in [9.17, 15) is 8.42 Å². The van der Waals surface area contributed by atoms with Crippen LogP contribution in [0.4, 0.5) is 5.69 Å². The van der Waals surface area contributed by atoms with Gasteiger partial charge in [-0.2, -0.15) is 0 Å². The molecule has 1 aromatic rings. The third-order valence-electron chi connectivity index (χ3n) is 5.26. The summed E-state index contributed by atoms with van der Waals surface area (Å²) in [5.74, 6) is 0. The van der Waals surface area contributed by atoms with Crippen molar-refractivity contribution in [1.29, 1.82) is 0 Å². The summed E-state index contributed by atoms with van der Waals surface area (Å²) in [6, 6.07) is 8.34. The molecule has 2 saturated heterocycles. The Kier molecular flexibility index (Phi) is 5.99. The van der Waals surface area contributed by atoms with Gasteiger partial charge in [-0.1, -0.05) is 12.1 Å². The molecule has 1 aromatic carbocycles. The first-order valence-electron chi connectivity index (χ1n) is 9.31. The molecule has 25 heavy (non-hydrogen) atoms. The predicted octanol–water partition coefficient (Wildman–Crippen LogP) is 1.39. The Balaban J connectivity index is 1.51. The van der Waals surface area contributed by atoms with Crippen LogP contribution >= 0.6 is 0 Å². The molecule has 0 aliphatic carbocycles. The van der Waals surface area contributed by atoms with Gasteiger partial charge in [0.15, 0.2) is 0 Å². The van der Waals surface area contributed by atoms with Crippen molar-refractivity contribution in [2.45, 2.75) is 56.9 Å². The second kappa shape index (κ2) is 8.03. The number of sulfonamides is 1. The number of hydrogen-bond acceptors (Lipinski definition) is 5. The van der Waals surface area contributed by atoms with Gasteiger partial charge in [-0.25, -0.2) is 13.1 Å². The Morgan fingerprint density at radius 3 is 2.24 bits per heavy atom. The summed E-state index contributed by atoms with van der Waals surface area (Å²) in [4.78, 5) is 2.43. The number of nitrogens with one attached hydrogen (secondary N) is 3. The van der Waals surface area contributed by atoms with Crippen LogP contribution in [-0.4, -0.2) is 45.4 Å². The van der Waals surface area contributed by atoms with E-state index in [0.717, 1.165) is 18.7 Å².